The Bertz CT molecular complexity index is 647. The molecule has 20 heavy (non-hydrogen) atoms. The first-order valence-electron chi connectivity index (χ1n) is 5.59. The molecule has 0 aromatic heterocycles. The van der Waals surface area contributed by atoms with Gasteiger partial charge in [0.15, 0.2) is 0 Å². The molecule has 104 valence electrons. The Morgan fingerprint density at radius 2 is 2.10 bits per heavy atom. The van der Waals surface area contributed by atoms with Gasteiger partial charge in [-0.2, -0.15) is 0 Å². The lowest BCUT2D eigenvalue weighted by molar-refractivity contribution is -0.385. The van der Waals surface area contributed by atoms with E-state index in [1.54, 1.807) is 18.2 Å². The van der Waals surface area contributed by atoms with Crippen LogP contribution in [0.4, 0.5) is 15.8 Å². The zero-order valence-electron chi connectivity index (χ0n) is 10.1. The van der Waals surface area contributed by atoms with Gasteiger partial charge in [0.05, 0.1) is 9.40 Å². The van der Waals surface area contributed by atoms with Crippen molar-refractivity contribution in [2.45, 2.75) is 6.54 Å². The molecule has 0 atom stereocenters. The molecule has 0 unspecified atom stereocenters. The van der Waals surface area contributed by atoms with E-state index in [0.29, 0.717) is 20.7 Å². The van der Waals surface area contributed by atoms with Gasteiger partial charge in [-0.25, -0.2) is 4.39 Å². The SMILES string of the molecule is O=[N+]([O-])c1cc(NCc2c(F)cccc2Cl)ccc1Br. The van der Waals surface area contributed by atoms with Gasteiger partial charge in [0.25, 0.3) is 5.69 Å². The van der Waals surface area contributed by atoms with Gasteiger partial charge in [-0.1, -0.05) is 17.7 Å². The molecule has 0 aliphatic heterocycles. The Morgan fingerprint density at radius 3 is 2.75 bits per heavy atom. The molecule has 0 spiro atoms. The van der Waals surface area contributed by atoms with E-state index in [0.717, 1.165) is 0 Å². The third-order valence-corrected chi connectivity index (χ3v) is 3.70. The minimum absolute atomic E-state index is 0.0605. The maximum atomic E-state index is 13.6. The Hall–Kier alpha value is -1.66. The first-order valence-corrected chi connectivity index (χ1v) is 6.77. The number of halogens is 3. The predicted molar refractivity (Wildman–Crippen MR) is 79.5 cm³/mol. The Morgan fingerprint density at radius 1 is 1.35 bits per heavy atom. The number of nitro benzene ring substituents is 1. The highest BCUT2D eigenvalue weighted by atomic mass is 79.9. The molecule has 0 saturated carbocycles. The normalized spacial score (nSPS) is 10.3. The lowest BCUT2D eigenvalue weighted by Crippen LogP contribution is -2.03. The fourth-order valence-electron chi connectivity index (χ4n) is 1.65. The Kier molecular flexibility index (Phi) is 4.57. The lowest BCUT2D eigenvalue weighted by atomic mass is 10.2. The van der Waals surface area contributed by atoms with Gasteiger partial charge in [0.2, 0.25) is 0 Å². The average Bonchev–Trinajstić information content (AvgIpc) is 2.39. The second kappa shape index (κ2) is 6.19. The van der Waals surface area contributed by atoms with E-state index in [2.05, 4.69) is 21.2 Å². The minimum atomic E-state index is -0.495. The molecule has 0 bridgehead atoms. The first kappa shape index (κ1) is 14.7. The summed E-state index contributed by atoms with van der Waals surface area (Å²) in [5, 5.41) is 14.0. The highest BCUT2D eigenvalue weighted by Crippen LogP contribution is 2.28. The first-order chi connectivity index (χ1) is 9.49. The van der Waals surface area contributed by atoms with Crippen molar-refractivity contribution in [3.05, 3.63) is 67.4 Å². The van der Waals surface area contributed by atoms with Crippen LogP contribution >= 0.6 is 27.5 Å². The molecule has 2 rings (SSSR count). The molecule has 0 aliphatic rings. The van der Waals surface area contributed by atoms with Gasteiger partial charge in [0, 0.05) is 28.9 Å². The van der Waals surface area contributed by atoms with Gasteiger partial charge in [-0.3, -0.25) is 10.1 Å². The van der Waals surface area contributed by atoms with Crippen molar-refractivity contribution >= 4 is 38.9 Å². The monoisotopic (exact) mass is 358 g/mol. The topological polar surface area (TPSA) is 55.2 Å². The number of benzene rings is 2. The maximum Gasteiger partial charge on any atom is 0.285 e. The Balaban J connectivity index is 2.19. The van der Waals surface area contributed by atoms with Crippen molar-refractivity contribution < 1.29 is 9.31 Å². The van der Waals surface area contributed by atoms with Crippen molar-refractivity contribution in [3.63, 3.8) is 0 Å². The molecular formula is C13H9BrClFN2O2. The van der Waals surface area contributed by atoms with E-state index in [-0.39, 0.29) is 12.2 Å². The van der Waals surface area contributed by atoms with E-state index in [9.17, 15) is 14.5 Å². The number of hydrogen-bond donors (Lipinski definition) is 1. The number of rotatable bonds is 4. The van der Waals surface area contributed by atoms with Gasteiger partial charge in [-0.05, 0) is 40.2 Å². The molecule has 2 aromatic rings. The zero-order chi connectivity index (χ0) is 14.7. The van der Waals surface area contributed by atoms with Gasteiger partial charge < -0.3 is 5.32 Å². The van der Waals surface area contributed by atoms with Gasteiger partial charge >= 0.3 is 0 Å². The van der Waals surface area contributed by atoms with Crippen LogP contribution in [0.2, 0.25) is 5.02 Å². The summed E-state index contributed by atoms with van der Waals surface area (Å²) < 4.78 is 14.0. The number of hydrogen-bond acceptors (Lipinski definition) is 3. The maximum absolute atomic E-state index is 13.6. The third-order valence-electron chi connectivity index (χ3n) is 2.67. The molecule has 0 heterocycles. The van der Waals surface area contributed by atoms with Crippen LogP contribution in [0.3, 0.4) is 0 Å². The van der Waals surface area contributed by atoms with Crippen molar-refractivity contribution in [2.75, 3.05) is 5.32 Å². The van der Waals surface area contributed by atoms with Crippen LogP contribution in [0.5, 0.6) is 0 Å². The molecule has 7 heteroatoms. The summed E-state index contributed by atoms with van der Waals surface area (Å²) in [6.45, 7) is 0.143. The van der Waals surface area contributed by atoms with Crippen LogP contribution in [0.1, 0.15) is 5.56 Å². The standard InChI is InChI=1S/C13H9BrClFN2O2/c14-10-5-4-8(6-13(10)18(19)20)17-7-9-11(15)2-1-3-12(9)16/h1-6,17H,7H2. The second-order valence-corrected chi connectivity index (χ2v) is 5.24. The molecule has 0 aliphatic carbocycles. The van der Waals surface area contributed by atoms with Crippen LogP contribution in [-0.4, -0.2) is 4.92 Å². The summed E-state index contributed by atoms with van der Waals surface area (Å²) in [5.74, 6) is -0.420. The molecule has 0 fully saturated rings. The summed E-state index contributed by atoms with van der Waals surface area (Å²) in [5.41, 5.74) is 0.772. The summed E-state index contributed by atoms with van der Waals surface area (Å²) >= 11 is 9.01. The van der Waals surface area contributed by atoms with Crippen LogP contribution in [-0.2, 0) is 6.54 Å². The second-order valence-electron chi connectivity index (χ2n) is 3.98. The molecule has 0 saturated heterocycles. The predicted octanol–water partition coefficient (Wildman–Crippen LogP) is 4.76. The fourth-order valence-corrected chi connectivity index (χ4v) is 2.28. The smallest absolute Gasteiger partial charge is 0.285 e. The van der Waals surface area contributed by atoms with Crippen molar-refractivity contribution in [2.24, 2.45) is 0 Å². The number of anilines is 1. The number of nitro groups is 1. The molecular weight excluding hydrogens is 351 g/mol. The quantitative estimate of drug-likeness (QED) is 0.632. The lowest BCUT2D eigenvalue weighted by Gasteiger charge is -2.09. The molecule has 1 N–H and O–H groups in total. The minimum Gasteiger partial charge on any atom is -0.381 e. The van der Waals surface area contributed by atoms with E-state index < -0.39 is 10.7 Å². The van der Waals surface area contributed by atoms with E-state index in [1.807, 2.05) is 0 Å². The number of nitrogens with zero attached hydrogens (tertiary/aromatic N) is 1. The third kappa shape index (κ3) is 3.26. The van der Waals surface area contributed by atoms with Crippen LogP contribution in [0.25, 0.3) is 0 Å². The van der Waals surface area contributed by atoms with E-state index in [4.69, 9.17) is 11.6 Å². The number of nitrogens with one attached hydrogen (secondary N) is 1. The molecule has 4 nitrogen and oxygen atoms in total. The van der Waals surface area contributed by atoms with Crippen molar-refractivity contribution in [1.29, 1.82) is 0 Å². The summed E-state index contributed by atoms with van der Waals surface area (Å²) in [7, 11) is 0. The average molecular weight is 360 g/mol. The zero-order valence-corrected chi connectivity index (χ0v) is 12.4. The van der Waals surface area contributed by atoms with Crippen molar-refractivity contribution in [1.82, 2.24) is 0 Å². The summed E-state index contributed by atoms with van der Waals surface area (Å²) in [6, 6.07) is 9.01. The Labute approximate surface area is 127 Å². The van der Waals surface area contributed by atoms with Gasteiger partial charge in [-0.15, -0.1) is 0 Å². The van der Waals surface area contributed by atoms with Crippen molar-refractivity contribution in [3.8, 4) is 0 Å². The summed E-state index contributed by atoms with van der Waals surface area (Å²) in [6.07, 6.45) is 0. The highest BCUT2D eigenvalue weighted by molar-refractivity contribution is 9.10. The van der Waals surface area contributed by atoms with E-state index >= 15 is 0 Å². The molecule has 0 amide bonds. The van der Waals surface area contributed by atoms with Crippen LogP contribution in [0.15, 0.2) is 40.9 Å². The summed E-state index contributed by atoms with van der Waals surface area (Å²) in [4.78, 5) is 10.3. The van der Waals surface area contributed by atoms with Gasteiger partial charge in [0.1, 0.15) is 5.82 Å². The van der Waals surface area contributed by atoms with E-state index in [1.165, 1.54) is 18.2 Å². The largest absolute Gasteiger partial charge is 0.381 e. The van der Waals surface area contributed by atoms with Crippen LogP contribution < -0.4 is 5.32 Å². The highest BCUT2D eigenvalue weighted by Gasteiger charge is 2.13. The fraction of sp³-hybridized carbons (Fsp3) is 0.0769. The molecule has 0 radical (unpaired) electrons. The molecule has 2 aromatic carbocycles. The van der Waals surface area contributed by atoms with Crippen LogP contribution in [0, 0.1) is 15.9 Å².